The van der Waals surface area contributed by atoms with Crippen LogP contribution in [0.5, 0.6) is 0 Å². The summed E-state index contributed by atoms with van der Waals surface area (Å²) in [6.45, 7) is 3.01. The molecule has 0 spiro atoms. The van der Waals surface area contributed by atoms with Crippen molar-refractivity contribution >= 4 is 11.3 Å². The van der Waals surface area contributed by atoms with Crippen molar-refractivity contribution in [3.05, 3.63) is 33.5 Å². The van der Waals surface area contributed by atoms with Crippen molar-refractivity contribution in [2.45, 2.75) is 38.8 Å². The maximum Gasteiger partial charge on any atom is 0.115 e. The van der Waals surface area contributed by atoms with Crippen LogP contribution in [-0.4, -0.2) is 21.8 Å². The largest absolute Gasteiger partial charge is 0.307 e. The predicted molar refractivity (Wildman–Crippen MR) is 72.9 cm³/mol. The summed E-state index contributed by atoms with van der Waals surface area (Å²) in [5.74, 6) is 0. The van der Waals surface area contributed by atoms with Gasteiger partial charge in [-0.3, -0.25) is 4.68 Å². The number of hydrogen-bond donors (Lipinski definition) is 1. The zero-order valence-corrected chi connectivity index (χ0v) is 11.6. The first-order valence-electron chi connectivity index (χ1n) is 6.50. The fourth-order valence-corrected chi connectivity index (χ4v) is 3.76. The van der Waals surface area contributed by atoms with Crippen molar-refractivity contribution in [2.75, 3.05) is 7.05 Å². The van der Waals surface area contributed by atoms with Crippen LogP contribution in [0.1, 0.15) is 40.5 Å². The van der Waals surface area contributed by atoms with Crippen molar-refractivity contribution in [1.82, 2.24) is 20.1 Å². The quantitative estimate of drug-likeness (QED) is 0.918. The summed E-state index contributed by atoms with van der Waals surface area (Å²) in [6, 6.07) is 0.181. The van der Waals surface area contributed by atoms with Gasteiger partial charge in [-0.2, -0.15) is 5.10 Å². The molecule has 1 aliphatic rings. The number of aryl methyl sites for hydroxylation is 3. The molecule has 1 atom stereocenters. The Morgan fingerprint density at radius 3 is 3.06 bits per heavy atom. The summed E-state index contributed by atoms with van der Waals surface area (Å²) in [5.41, 5.74) is 2.52. The second-order valence-corrected chi connectivity index (χ2v) is 5.74. The number of aromatic nitrogens is 3. The van der Waals surface area contributed by atoms with E-state index in [1.165, 1.54) is 34.0 Å². The van der Waals surface area contributed by atoms with E-state index >= 15 is 0 Å². The first-order chi connectivity index (χ1) is 8.81. The van der Waals surface area contributed by atoms with Gasteiger partial charge in [0.2, 0.25) is 0 Å². The number of fused-ring (bicyclic) bond motifs is 1. The van der Waals surface area contributed by atoms with Crippen LogP contribution in [0, 0.1) is 0 Å². The average molecular weight is 262 g/mol. The smallest absolute Gasteiger partial charge is 0.115 e. The Morgan fingerprint density at radius 1 is 1.50 bits per heavy atom. The minimum Gasteiger partial charge on any atom is -0.307 e. The second-order valence-electron chi connectivity index (χ2n) is 4.63. The molecule has 0 saturated carbocycles. The molecule has 18 heavy (non-hydrogen) atoms. The number of thiazole rings is 1. The van der Waals surface area contributed by atoms with Crippen molar-refractivity contribution in [1.29, 1.82) is 0 Å². The van der Waals surface area contributed by atoms with Gasteiger partial charge in [0.25, 0.3) is 0 Å². The zero-order valence-electron chi connectivity index (χ0n) is 10.8. The van der Waals surface area contributed by atoms with Crippen molar-refractivity contribution < 1.29 is 0 Å². The normalized spacial score (nSPS) is 15.9. The average Bonchev–Trinajstić information content (AvgIpc) is 3.04. The Balaban J connectivity index is 1.91. The third kappa shape index (κ3) is 1.97. The molecule has 0 aliphatic heterocycles. The molecule has 4 nitrogen and oxygen atoms in total. The molecule has 0 radical (unpaired) electrons. The molecule has 5 heteroatoms. The maximum absolute atomic E-state index is 4.79. The molecule has 96 valence electrons. The molecule has 2 aromatic rings. The highest BCUT2D eigenvalue weighted by molar-refractivity contribution is 7.11. The molecule has 0 fully saturated rings. The lowest BCUT2D eigenvalue weighted by molar-refractivity contribution is 0.652. The van der Waals surface area contributed by atoms with E-state index in [-0.39, 0.29) is 6.04 Å². The van der Waals surface area contributed by atoms with Crippen molar-refractivity contribution in [3.63, 3.8) is 0 Å². The third-order valence-electron chi connectivity index (χ3n) is 3.46. The van der Waals surface area contributed by atoms with Crippen molar-refractivity contribution in [3.8, 4) is 0 Å². The van der Waals surface area contributed by atoms with E-state index < -0.39 is 0 Å². The Labute approximate surface area is 111 Å². The molecule has 0 aromatic carbocycles. The first-order valence-corrected chi connectivity index (χ1v) is 7.31. The van der Waals surface area contributed by atoms with Gasteiger partial charge in [0.05, 0.1) is 17.9 Å². The van der Waals surface area contributed by atoms with Crippen LogP contribution in [0.25, 0.3) is 0 Å². The Morgan fingerprint density at radius 2 is 2.39 bits per heavy atom. The summed E-state index contributed by atoms with van der Waals surface area (Å²) in [6.07, 6.45) is 7.67. The minimum absolute atomic E-state index is 0.181. The van der Waals surface area contributed by atoms with Gasteiger partial charge in [-0.15, -0.1) is 11.3 Å². The van der Waals surface area contributed by atoms with Gasteiger partial charge in [-0.1, -0.05) is 0 Å². The molecule has 1 unspecified atom stereocenters. The summed E-state index contributed by atoms with van der Waals surface area (Å²) in [7, 11) is 1.99. The zero-order chi connectivity index (χ0) is 12.5. The van der Waals surface area contributed by atoms with Crippen LogP contribution in [0.15, 0.2) is 12.4 Å². The minimum atomic E-state index is 0.181. The molecule has 0 bridgehead atoms. The number of rotatable bonds is 4. The molecular formula is C13H18N4S. The van der Waals surface area contributed by atoms with Gasteiger partial charge in [0, 0.05) is 23.2 Å². The van der Waals surface area contributed by atoms with Gasteiger partial charge >= 0.3 is 0 Å². The van der Waals surface area contributed by atoms with Crippen LogP contribution in [0.3, 0.4) is 0 Å². The van der Waals surface area contributed by atoms with E-state index in [9.17, 15) is 0 Å². The summed E-state index contributed by atoms with van der Waals surface area (Å²) < 4.78 is 1.96. The monoisotopic (exact) mass is 262 g/mol. The summed E-state index contributed by atoms with van der Waals surface area (Å²) in [4.78, 5) is 6.27. The van der Waals surface area contributed by atoms with E-state index in [0.717, 1.165) is 13.0 Å². The van der Waals surface area contributed by atoms with Crippen LogP contribution < -0.4 is 5.32 Å². The molecule has 0 amide bonds. The molecule has 0 saturated heterocycles. The van der Waals surface area contributed by atoms with Gasteiger partial charge in [-0.25, -0.2) is 4.98 Å². The highest BCUT2D eigenvalue weighted by atomic mass is 32.1. The van der Waals surface area contributed by atoms with Crippen LogP contribution in [0.2, 0.25) is 0 Å². The van der Waals surface area contributed by atoms with E-state index in [4.69, 9.17) is 4.98 Å². The highest BCUT2D eigenvalue weighted by Crippen LogP contribution is 2.32. The number of hydrogen-bond acceptors (Lipinski definition) is 4. The Bertz CT molecular complexity index is 521. The van der Waals surface area contributed by atoms with E-state index in [1.54, 1.807) is 0 Å². The molecule has 1 N–H and O–H groups in total. The Hall–Kier alpha value is -1.20. The fourth-order valence-electron chi connectivity index (χ4n) is 2.47. The van der Waals surface area contributed by atoms with Gasteiger partial charge in [0.1, 0.15) is 5.01 Å². The van der Waals surface area contributed by atoms with E-state index in [2.05, 4.69) is 23.5 Å². The SMILES string of the molecule is CCn1cc(C(NC)c2nc3c(s2)CCC3)cn1. The van der Waals surface area contributed by atoms with E-state index in [0.29, 0.717) is 0 Å². The van der Waals surface area contributed by atoms with Gasteiger partial charge in [0.15, 0.2) is 0 Å². The van der Waals surface area contributed by atoms with E-state index in [1.807, 2.05) is 29.3 Å². The lowest BCUT2D eigenvalue weighted by Gasteiger charge is -2.11. The molecule has 3 rings (SSSR count). The molecule has 2 aromatic heterocycles. The van der Waals surface area contributed by atoms with Crippen molar-refractivity contribution in [2.24, 2.45) is 0 Å². The van der Waals surface area contributed by atoms with Crippen LogP contribution >= 0.6 is 11.3 Å². The predicted octanol–water partition coefficient (Wildman–Crippen LogP) is 2.16. The summed E-state index contributed by atoms with van der Waals surface area (Å²) >= 11 is 1.86. The standard InChI is InChI=1S/C13H18N4S/c1-3-17-8-9(7-15-17)12(14-2)13-16-10-5-4-6-11(10)18-13/h7-8,12,14H,3-6H2,1-2H3. The number of nitrogens with one attached hydrogen (secondary N) is 1. The topological polar surface area (TPSA) is 42.7 Å². The molecule has 1 aliphatic carbocycles. The lowest BCUT2D eigenvalue weighted by atomic mass is 10.2. The van der Waals surface area contributed by atoms with Crippen LogP contribution in [0.4, 0.5) is 0 Å². The van der Waals surface area contributed by atoms with Gasteiger partial charge in [-0.05, 0) is 33.2 Å². The molecular weight excluding hydrogens is 244 g/mol. The maximum atomic E-state index is 4.79. The lowest BCUT2D eigenvalue weighted by Crippen LogP contribution is -2.17. The fraction of sp³-hybridized carbons (Fsp3) is 0.538. The van der Waals surface area contributed by atoms with Gasteiger partial charge < -0.3 is 5.32 Å². The highest BCUT2D eigenvalue weighted by Gasteiger charge is 2.22. The number of nitrogens with zero attached hydrogens (tertiary/aromatic N) is 3. The van der Waals surface area contributed by atoms with Crippen LogP contribution in [-0.2, 0) is 19.4 Å². The second kappa shape index (κ2) is 4.82. The molecule has 2 heterocycles. The first kappa shape index (κ1) is 11.9. The summed E-state index contributed by atoms with van der Waals surface area (Å²) in [5, 5.41) is 8.88. The third-order valence-corrected chi connectivity index (χ3v) is 4.68. The Kier molecular flexibility index (Phi) is 3.18.